The number of sulfone groups is 1. The van der Waals surface area contributed by atoms with Gasteiger partial charge in [0, 0.05) is 12.8 Å². The Morgan fingerprint density at radius 3 is 2.60 bits per heavy atom. The summed E-state index contributed by atoms with van der Waals surface area (Å²) in [6.07, 6.45) is 3.35. The number of nitrogen functional groups attached to an aromatic ring is 1. The molecule has 1 fully saturated rings. The first kappa shape index (κ1) is 15.5. The van der Waals surface area contributed by atoms with Gasteiger partial charge in [-0.1, -0.05) is 6.92 Å². The number of hydrogen-bond donors (Lipinski definition) is 2. The topological polar surface area (TPSA) is 88.3 Å². The normalized spacial score (nSPS) is 19.9. The Labute approximate surface area is 124 Å². The summed E-state index contributed by atoms with van der Waals surface area (Å²) in [4.78, 5) is 2.45. The van der Waals surface area contributed by atoms with Crippen molar-refractivity contribution in [3.05, 3.63) is 0 Å². The maximum Gasteiger partial charge on any atom is 0.182 e. The molecule has 0 radical (unpaired) electrons. The Bertz CT molecular complexity index is 574. The molecular formula is C12H22N4O2S2. The van der Waals surface area contributed by atoms with E-state index in [0.29, 0.717) is 5.00 Å². The predicted molar refractivity (Wildman–Crippen MR) is 83.0 cm³/mol. The van der Waals surface area contributed by atoms with Crippen LogP contribution in [0.5, 0.6) is 0 Å². The average molecular weight is 318 g/mol. The van der Waals surface area contributed by atoms with Crippen molar-refractivity contribution in [2.45, 2.75) is 24.7 Å². The fraction of sp³-hybridized carbons (Fsp3) is 0.750. The number of likely N-dealkylation sites (tertiary alicyclic amines) is 1. The van der Waals surface area contributed by atoms with Gasteiger partial charge in [-0.15, -0.1) is 0 Å². The number of nitrogens with two attached hydrogens (primary N) is 1. The molecule has 1 aromatic rings. The van der Waals surface area contributed by atoms with Crippen LogP contribution in [0.3, 0.4) is 0 Å². The van der Waals surface area contributed by atoms with Gasteiger partial charge in [0.05, 0.1) is 0 Å². The van der Waals surface area contributed by atoms with Crippen LogP contribution in [-0.2, 0) is 9.84 Å². The molecule has 1 aliphatic heterocycles. The maximum atomic E-state index is 11.7. The van der Waals surface area contributed by atoms with Crippen LogP contribution in [-0.4, -0.2) is 50.6 Å². The summed E-state index contributed by atoms with van der Waals surface area (Å²) >= 11 is 1.12. The van der Waals surface area contributed by atoms with E-state index in [0.717, 1.165) is 50.3 Å². The molecule has 0 atom stereocenters. The quantitative estimate of drug-likeness (QED) is 0.869. The first-order chi connectivity index (χ1) is 9.21. The fourth-order valence-corrected chi connectivity index (χ4v) is 4.46. The molecule has 1 aliphatic rings. The summed E-state index contributed by atoms with van der Waals surface area (Å²) in [5, 5.41) is 3.80. The first-order valence-corrected chi connectivity index (χ1v) is 9.25. The van der Waals surface area contributed by atoms with Gasteiger partial charge in [-0.05, 0) is 49.9 Å². The van der Waals surface area contributed by atoms with E-state index in [-0.39, 0.29) is 16.1 Å². The second kappa shape index (κ2) is 5.50. The highest BCUT2D eigenvalue weighted by molar-refractivity contribution is 7.91. The minimum absolute atomic E-state index is 0.0912. The summed E-state index contributed by atoms with van der Waals surface area (Å²) in [5.74, 6) is 0.0912. The molecule has 0 bridgehead atoms. The average Bonchev–Trinajstić information content (AvgIpc) is 2.72. The van der Waals surface area contributed by atoms with Gasteiger partial charge in [-0.3, -0.25) is 0 Å². The van der Waals surface area contributed by atoms with E-state index >= 15 is 0 Å². The van der Waals surface area contributed by atoms with Gasteiger partial charge >= 0.3 is 0 Å². The number of aromatic nitrogens is 1. The molecule has 0 spiro atoms. The van der Waals surface area contributed by atoms with Gasteiger partial charge in [0.15, 0.2) is 15.7 Å². The van der Waals surface area contributed by atoms with E-state index in [9.17, 15) is 8.42 Å². The standard InChI is InChI=1S/C12H22N4O2S2/c1-12(4-6-16(2)7-5-12)8-14-11-9(20(3,17)18)10(13)15-19-11/h14H,4-8H2,1-3H3,(H2,13,15). The van der Waals surface area contributed by atoms with Crippen molar-refractivity contribution >= 4 is 32.2 Å². The predicted octanol–water partition coefficient (Wildman–Crippen LogP) is 1.27. The van der Waals surface area contributed by atoms with Crippen molar-refractivity contribution in [1.29, 1.82) is 0 Å². The molecule has 0 saturated carbocycles. The second-order valence-corrected chi connectivity index (χ2v) is 8.69. The molecule has 8 heteroatoms. The van der Waals surface area contributed by atoms with Crippen molar-refractivity contribution in [2.24, 2.45) is 5.41 Å². The van der Waals surface area contributed by atoms with Crippen LogP contribution in [0.25, 0.3) is 0 Å². The van der Waals surface area contributed by atoms with Crippen molar-refractivity contribution < 1.29 is 8.42 Å². The smallest absolute Gasteiger partial charge is 0.182 e. The minimum Gasteiger partial charge on any atom is -0.382 e. The zero-order chi connectivity index (χ0) is 15.0. The summed E-state index contributed by atoms with van der Waals surface area (Å²) in [5.41, 5.74) is 5.84. The minimum atomic E-state index is -3.35. The monoisotopic (exact) mass is 318 g/mol. The number of nitrogens with zero attached hydrogens (tertiary/aromatic N) is 2. The van der Waals surface area contributed by atoms with Gasteiger partial charge in [-0.2, -0.15) is 4.37 Å². The third-order valence-corrected chi connectivity index (χ3v) is 6.02. The molecule has 6 nitrogen and oxygen atoms in total. The first-order valence-electron chi connectivity index (χ1n) is 6.59. The lowest BCUT2D eigenvalue weighted by Gasteiger charge is -2.38. The number of nitrogens with one attached hydrogen (secondary N) is 1. The molecule has 0 aromatic carbocycles. The van der Waals surface area contributed by atoms with Crippen molar-refractivity contribution in [1.82, 2.24) is 9.27 Å². The van der Waals surface area contributed by atoms with E-state index < -0.39 is 9.84 Å². The van der Waals surface area contributed by atoms with Crippen molar-refractivity contribution in [2.75, 3.05) is 44.0 Å². The van der Waals surface area contributed by atoms with E-state index in [4.69, 9.17) is 5.73 Å². The van der Waals surface area contributed by atoms with E-state index in [1.54, 1.807) is 0 Å². The Morgan fingerprint density at radius 2 is 2.05 bits per heavy atom. The van der Waals surface area contributed by atoms with Crippen LogP contribution in [0.15, 0.2) is 4.90 Å². The van der Waals surface area contributed by atoms with E-state index in [1.807, 2.05) is 0 Å². The van der Waals surface area contributed by atoms with Crippen LogP contribution in [0, 0.1) is 5.41 Å². The summed E-state index contributed by atoms with van der Waals surface area (Å²) < 4.78 is 27.5. The van der Waals surface area contributed by atoms with Crippen molar-refractivity contribution in [3.8, 4) is 0 Å². The number of hydrogen-bond acceptors (Lipinski definition) is 7. The Balaban J connectivity index is 2.09. The Hall–Kier alpha value is -0.860. The highest BCUT2D eigenvalue weighted by atomic mass is 32.2. The van der Waals surface area contributed by atoms with Crippen LogP contribution in [0.1, 0.15) is 19.8 Å². The molecule has 0 unspecified atom stereocenters. The van der Waals surface area contributed by atoms with Crippen molar-refractivity contribution in [3.63, 3.8) is 0 Å². The molecule has 2 heterocycles. The summed E-state index contributed by atoms with van der Waals surface area (Å²) in [6, 6.07) is 0. The molecule has 3 N–H and O–H groups in total. The fourth-order valence-electron chi connectivity index (χ4n) is 2.39. The summed E-state index contributed by atoms with van der Waals surface area (Å²) in [6.45, 7) is 5.12. The Kier molecular flexibility index (Phi) is 4.27. The lowest BCUT2D eigenvalue weighted by Crippen LogP contribution is -2.40. The number of anilines is 2. The van der Waals surface area contributed by atoms with Crippen LogP contribution in [0.2, 0.25) is 0 Å². The Morgan fingerprint density at radius 1 is 1.45 bits per heavy atom. The van der Waals surface area contributed by atoms with Gasteiger partial charge < -0.3 is 16.0 Å². The molecule has 1 saturated heterocycles. The van der Waals surface area contributed by atoms with E-state index in [1.165, 1.54) is 0 Å². The highest BCUT2D eigenvalue weighted by Crippen LogP contribution is 2.35. The van der Waals surface area contributed by atoms with Gasteiger partial charge in [0.1, 0.15) is 9.90 Å². The molecule has 0 amide bonds. The molecule has 1 aromatic heterocycles. The number of rotatable bonds is 4. The van der Waals surface area contributed by atoms with Gasteiger partial charge in [-0.25, -0.2) is 8.42 Å². The van der Waals surface area contributed by atoms with Gasteiger partial charge in [0.25, 0.3) is 0 Å². The third kappa shape index (κ3) is 3.42. The SMILES string of the molecule is CN1CCC(C)(CNc2snc(N)c2S(C)(=O)=O)CC1. The largest absolute Gasteiger partial charge is 0.382 e. The highest BCUT2D eigenvalue weighted by Gasteiger charge is 2.30. The molecule has 114 valence electrons. The number of piperidine rings is 1. The lowest BCUT2D eigenvalue weighted by atomic mass is 9.80. The van der Waals surface area contributed by atoms with Crippen LogP contribution in [0.4, 0.5) is 10.8 Å². The van der Waals surface area contributed by atoms with Gasteiger partial charge in [0.2, 0.25) is 0 Å². The lowest BCUT2D eigenvalue weighted by molar-refractivity contribution is 0.150. The molecular weight excluding hydrogens is 296 g/mol. The molecule has 0 aliphatic carbocycles. The zero-order valence-electron chi connectivity index (χ0n) is 12.1. The van der Waals surface area contributed by atoms with Crippen LogP contribution >= 0.6 is 11.5 Å². The molecule has 20 heavy (non-hydrogen) atoms. The second-order valence-electron chi connectivity index (χ2n) is 5.97. The van der Waals surface area contributed by atoms with E-state index in [2.05, 4.69) is 28.6 Å². The zero-order valence-corrected chi connectivity index (χ0v) is 13.8. The van der Waals surface area contributed by atoms with Crippen LogP contribution < -0.4 is 11.1 Å². The summed E-state index contributed by atoms with van der Waals surface area (Å²) in [7, 11) is -1.23. The molecule has 2 rings (SSSR count). The maximum absolute atomic E-state index is 11.7. The third-order valence-electron chi connectivity index (χ3n) is 3.91.